The van der Waals surface area contributed by atoms with Crippen molar-refractivity contribution in [2.75, 3.05) is 14.1 Å². The van der Waals surface area contributed by atoms with Crippen LogP contribution in [0.5, 0.6) is 0 Å². The molecule has 0 aliphatic carbocycles. The van der Waals surface area contributed by atoms with Crippen molar-refractivity contribution >= 4 is 21.9 Å². The molecule has 2 aromatic rings. The molecule has 1 aromatic carbocycles. The summed E-state index contributed by atoms with van der Waals surface area (Å²) >= 11 is 0. The van der Waals surface area contributed by atoms with Gasteiger partial charge in [-0.25, -0.2) is 21.9 Å². The first-order valence-electron chi connectivity index (χ1n) is 7.77. The van der Waals surface area contributed by atoms with Crippen LogP contribution in [0.15, 0.2) is 33.6 Å². The Hall–Kier alpha value is -2.72. The number of benzene rings is 1. The van der Waals surface area contributed by atoms with Crippen molar-refractivity contribution in [3.8, 4) is 0 Å². The third-order valence-corrected chi connectivity index (χ3v) is 5.81. The number of hydrogen-bond acceptors (Lipinski definition) is 5. The van der Waals surface area contributed by atoms with Crippen LogP contribution < -0.4 is 5.32 Å². The van der Waals surface area contributed by atoms with Crippen LogP contribution in [0.25, 0.3) is 0 Å². The summed E-state index contributed by atoms with van der Waals surface area (Å²) < 4.78 is 44.0. The van der Waals surface area contributed by atoms with E-state index in [4.69, 9.17) is 4.42 Å². The number of aliphatic carboxylic acids is 1. The zero-order valence-corrected chi connectivity index (χ0v) is 15.9. The number of halogens is 1. The molecule has 1 atom stereocenters. The predicted molar refractivity (Wildman–Crippen MR) is 93.3 cm³/mol. The second kappa shape index (κ2) is 7.49. The molecule has 0 fully saturated rings. The highest BCUT2D eigenvalue weighted by Crippen LogP contribution is 2.23. The van der Waals surface area contributed by atoms with Crippen LogP contribution in [0.2, 0.25) is 0 Å². The van der Waals surface area contributed by atoms with E-state index in [0.717, 1.165) is 16.4 Å². The number of hydrogen-bond donors (Lipinski definition) is 2. The molecule has 1 unspecified atom stereocenters. The van der Waals surface area contributed by atoms with Gasteiger partial charge >= 0.3 is 5.97 Å². The van der Waals surface area contributed by atoms with Gasteiger partial charge in [0.15, 0.2) is 11.8 Å². The molecule has 2 rings (SSSR count). The number of furan rings is 1. The van der Waals surface area contributed by atoms with E-state index in [1.165, 1.54) is 40.1 Å². The molecule has 0 aliphatic rings. The first-order chi connectivity index (χ1) is 12.4. The van der Waals surface area contributed by atoms with Gasteiger partial charge in [-0.1, -0.05) is 12.1 Å². The van der Waals surface area contributed by atoms with Gasteiger partial charge in [-0.15, -0.1) is 0 Å². The zero-order chi connectivity index (χ0) is 20.5. The Morgan fingerprint density at radius 2 is 1.85 bits per heavy atom. The molecular weight excluding hydrogens is 379 g/mol. The van der Waals surface area contributed by atoms with Gasteiger partial charge in [0.05, 0.1) is 0 Å². The second-order valence-electron chi connectivity index (χ2n) is 6.07. The number of carboxylic acids is 1. The van der Waals surface area contributed by atoms with Crippen LogP contribution in [0, 0.1) is 19.7 Å². The van der Waals surface area contributed by atoms with Gasteiger partial charge in [0.2, 0.25) is 10.0 Å². The fraction of sp³-hybridized carbons (Fsp3) is 0.294. The lowest BCUT2D eigenvalue weighted by atomic mass is 10.0. The van der Waals surface area contributed by atoms with Crippen molar-refractivity contribution in [2.45, 2.75) is 24.8 Å². The van der Waals surface area contributed by atoms with E-state index in [1.54, 1.807) is 0 Å². The van der Waals surface area contributed by atoms with Crippen molar-refractivity contribution in [3.05, 3.63) is 52.7 Å². The van der Waals surface area contributed by atoms with Crippen LogP contribution in [0.1, 0.15) is 33.5 Å². The van der Waals surface area contributed by atoms with Crippen molar-refractivity contribution in [1.29, 1.82) is 0 Å². The van der Waals surface area contributed by atoms with Gasteiger partial charge in [0, 0.05) is 20.2 Å². The molecular formula is C17H19FN2O6S. The van der Waals surface area contributed by atoms with E-state index in [1.807, 2.05) is 0 Å². The minimum atomic E-state index is -3.83. The van der Waals surface area contributed by atoms with Crippen LogP contribution in [0.4, 0.5) is 4.39 Å². The molecule has 1 heterocycles. The maximum absolute atomic E-state index is 13.4. The van der Waals surface area contributed by atoms with E-state index < -0.39 is 33.8 Å². The third-order valence-electron chi connectivity index (χ3n) is 3.89. The van der Waals surface area contributed by atoms with Gasteiger partial charge in [0.1, 0.15) is 16.5 Å². The number of amides is 1. The lowest BCUT2D eigenvalue weighted by Gasteiger charge is -2.15. The number of rotatable bonds is 6. The standard InChI is InChI=1S/C17H19FN2O6S/c1-9-7-11(5-6-12(9)18)15(17(22)23)19-16(21)13-8-14(10(2)26-13)27(24,25)20(3)4/h5-8,15H,1-4H3,(H,19,21)(H,22,23). The van der Waals surface area contributed by atoms with E-state index in [9.17, 15) is 27.5 Å². The molecule has 0 saturated carbocycles. The molecule has 2 N–H and O–H groups in total. The monoisotopic (exact) mass is 398 g/mol. The lowest BCUT2D eigenvalue weighted by Crippen LogP contribution is -2.33. The molecule has 10 heteroatoms. The Morgan fingerprint density at radius 3 is 2.37 bits per heavy atom. The Balaban J connectivity index is 2.34. The van der Waals surface area contributed by atoms with E-state index in [2.05, 4.69) is 5.32 Å². The highest BCUT2D eigenvalue weighted by Gasteiger charge is 2.29. The molecule has 0 radical (unpaired) electrons. The summed E-state index contributed by atoms with van der Waals surface area (Å²) in [4.78, 5) is 23.7. The SMILES string of the molecule is Cc1cc(C(NC(=O)c2cc(S(=O)(=O)N(C)C)c(C)o2)C(=O)O)ccc1F. The summed E-state index contributed by atoms with van der Waals surface area (Å²) in [6, 6.07) is 3.23. The summed E-state index contributed by atoms with van der Waals surface area (Å²) in [6.45, 7) is 2.85. The van der Waals surface area contributed by atoms with Gasteiger partial charge in [0.25, 0.3) is 5.91 Å². The van der Waals surface area contributed by atoms with E-state index >= 15 is 0 Å². The maximum Gasteiger partial charge on any atom is 0.330 e. The quantitative estimate of drug-likeness (QED) is 0.767. The fourth-order valence-electron chi connectivity index (χ4n) is 2.37. The summed E-state index contributed by atoms with van der Waals surface area (Å²) in [5.41, 5.74) is 0.389. The van der Waals surface area contributed by atoms with E-state index in [-0.39, 0.29) is 27.5 Å². The molecule has 1 aromatic heterocycles. The average Bonchev–Trinajstić information content (AvgIpc) is 2.97. The van der Waals surface area contributed by atoms with Crippen LogP contribution in [0.3, 0.4) is 0 Å². The molecule has 8 nitrogen and oxygen atoms in total. The number of nitrogens with one attached hydrogen (secondary N) is 1. The van der Waals surface area contributed by atoms with Gasteiger partial charge in [-0.3, -0.25) is 4.79 Å². The predicted octanol–water partition coefficient (Wildman–Crippen LogP) is 1.84. The molecule has 27 heavy (non-hydrogen) atoms. The lowest BCUT2D eigenvalue weighted by molar-refractivity contribution is -0.139. The van der Waals surface area contributed by atoms with Crippen molar-refractivity contribution in [3.63, 3.8) is 0 Å². The first kappa shape index (κ1) is 20.6. The van der Waals surface area contributed by atoms with Gasteiger partial charge in [-0.05, 0) is 31.0 Å². The van der Waals surface area contributed by atoms with Crippen LogP contribution in [-0.2, 0) is 14.8 Å². The largest absolute Gasteiger partial charge is 0.479 e. The van der Waals surface area contributed by atoms with E-state index in [0.29, 0.717) is 0 Å². The van der Waals surface area contributed by atoms with Gasteiger partial charge in [-0.2, -0.15) is 0 Å². The molecule has 0 aliphatic heterocycles. The van der Waals surface area contributed by atoms with Crippen molar-refractivity contribution in [2.24, 2.45) is 0 Å². The third kappa shape index (κ3) is 4.17. The molecule has 0 spiro atoms. The minimum absolute atomic E-state index is 0.00153. The average molecular weight is 398 g/mol. The molecule has 0 saturated heterocycles. The molecule has 146 valence electrons. The van der Waals surface area contributed by atoms with Crippen molar-refractivity contribution < 1.29 is 31.9 Å². The molecule has 1 amide bonds. The maximum atomic E-state index is 13.4. The minimum Gasteiger partial charge on any atom is -0.479 e. The van der Waals surface area contributed by atoms with Gasteiger partial charge < -0.3 is 14.8 Å². The number of nitrogens with zero attached hydrogens (tertiary/aromatic N) is 1. The highest BCUT2D eigenvalue weighted by molar-refractivity contribution is 7.89. The Bertz CT molecular complexity index is 997. The number of carbonyl (C=O) groups excluding carboxylic acids is 1. The Morgan fingerprint density at radius 1 is 1.22 bits per heavy atom. The summed E-state index contributed by atoms with van der Waals surface area (Å²) in [5.74, 6) is -3.13. The number of sulfonamides is 1. The topological polar surface area (TPSA) is 117 Å². The number of aryl methyl sites for hydroxylation is 2. The molecule has 0 bridgehead atoms. The normalized spacial score (nSPS) is 12.8. The highest BCUT2D eigenvalue weighted by atomic mass is 32.2. The summed E-state index contributed by atoms with van der Waals surface area (Å²) in [7, 11) is -1.16. The first-order valence-corrected chi connectivity index (χ1v) is 9.22. The van der Waals surface area contributed by atoms with Crippen molar-refractivity contribution in [1.82, 2.24) is 9.62 Å². The Labute approximate surface area is 155 Å². The van der Waals surface area contributed by atoms with Crippen LogP contribution >= 0.6 is 0 Å². The Kier molecular flexibility index (Phi) is 5.71. The number of carbonyl (C=O) groups is 2. The summed E-state index contributed by atoms with van der Waals surface area (Å²) in [6.07, 6.45) is 0. The fourth-order valence-corrected chi connectivity index (χ4v) is 3.42. The zero-order valence-electron chi connectivity index (χ0n) is 15.1. The summed E-state index contributed by atoms with van der Waals surface area (Å²) in [5, 5.41) is 11.7. The van der Waals surface area contributed by atoms with Crippen LogP contribution in [-0.4, -0.2) is 43.8 Å². The smallest absolute Gasteiger partial charge is 0.330 e. The number of carboxylic acid groups (broad SMARTS) is 1. The second-order valence-corrected chi connectivity index (χ2v) is 8.19.